The van der Waals surface area contributed by atoms with Crippen molar-refractivity contribution in [1.29, 1.82) is 0 Å². The first-order valence-corrected chi connectivity index (χ1v) is 5.69. The molecule has 0 saturated carbocycles. The Balaban J connectivity index is 2.40. The third kappa shape index (κ3) is 2.75. The van der Waals surface area contributed by atoms with E-state index in [0.717, 1.165) is 0 Å². The molecule has 19 heavy (non-hydrogen) atoms. The third-order valence-electron chi connectivity index (χ3n) is 2.96. The first kappa shape index (κ1) is 13.1. The van der Waals surface area contributed by atoms with Crippen LogP contribution in [0, 0.1) is 5.82 Å². The van der Waals surface area contributed by atoms with E-state index >= 15 is 0 Å². The lowest BCUT2D eigenvalue weighted by atomic mass is 9.88. The lowest BCUT2D eigenvalue weighted by Gasteiger charge is -2.31. The Morgan fingerprint density at radius 2 is 2.37 bits per heavy atom. The highest BCUT2D eigenvalue weighted by Crippen LogP contribution is 2.34. The summed E-state index contributed by atoms with van der Waals surface area (Å²) in [5.74, 6) is -0.433. The number of hydrogen-bond acceptors (Lipinski definition) is 4. The Hall–Kier alpha value is -2.31. The summed E-state index contributed by atoms with van der Waals surface area (Å²) in [6, 6.07) is 4.10. The van der Waals surface area contributed by atoms with E-state index in [0.29, 0.717) is 17.7 Å². The van der Waals surface area contributed by atoms with E-state index in [-0.39, 0.29) is 12.6 Å². The van der Waals surface area contributed by atoms with Crippen molar-refractivity contribution in [3.05, 3.63) is 29.6 Å². The molecule has 102 valence electrons. The van der Waals surface area contributed by atoms with E-state index in [4.69, 9.17) is 15.6 Å². The van der Waals surface area contributed by atoms with Crippen molar-refractivity contribution in [1.82, 2.24) is 5.32 Å². The standard InChI is InChI=1S/C12H14FN3O3/c1-12(8-6-7(14)2-3-9(8)13)4-5-19-10(16-12)15-11(17)18/h2-3,6H,4-5,14H2,1H3,(H,15,16)(H,17,18)/t12-/m0/s1. The second-order valence-corrected chi connectivity index (χ2v) is 4.46. The molecule has 0 saturated heterocycles. The van der Waals surface area contributed by atoms with Crippen LogP contribution in [-0.2, 0) is 10.3 Å². The van der Waals surface area contributed by atoms with Crippen LogP contribution in [0.1, 0.15) is 18.9 Å². The number of nitrogens with two attached hydrogens (primary N) is 1. The van der Waals surface area contributed by atoms with Gasteiger partial charge in [0, 0.05) is 17.7 Å². The van der Waals surface area contributed by atoms with Crippen LogP contribution in [0.4, 0.5) is 14.9 Å². The average molecular weight is 267 g/mol. The number of rotatable bonds is 1. The Morgan fingerprint density at radius 1 is 1.63 bits per heavy atom. The third-order valence-corrected chi connectivity index (χ3v) is 2.96. The molecule has 2 rings (SSSR count). The number of nitrogen functional groups attached to an aromatic ring is 1. The quantitative estimate of drug-likeness (QED) is 0.674. The summed E-state index contributed by atoms with van der Waals surface area (Å²) in [5.41, 5.74) is 5.49. The van der Waals surface area contributed by atoms with Gasteiger partial charge < -0.3 is 15.6 Å². The molecule has 0 bridgehead atoms. The molecule has 1 aromatic rings. The van der Waals surface area contributed by atoms with Crippen LogP contribution >= 0.6 is 0 Å². The summed E-state index contributed by atoms with van der Waals surface area (Å²) in [6.07, 6.45) is -0.853. The first-order chi connectivity index (χ1) is 8.90. The molecule has 0 aliphatic carbocycles. The van der Waals surface area contributed by atoms with Gasteiger partial charge in [0.2, 0.25) is 0 Å². The number of nitrogens with one attached hydrogen (secondary N) is 1. The van der Waals surface area contributed by atoms with Crippen LogP contribution in [0.2, 0.25) is 0 Å². The highest BCUT2D eigenvalue weighted by Gasteiger charge is 2.33. The second kappa shape index (κ2) is 4.75. The molecular weight excluding hydrogens is 253 g/mol. The molecular formula is C12H14FN3O3. The lowest BCUT2D eigenvalue weighted by molar-refractivity contribution is 0.183. The van der Waals surface area contributed by atoms with Gasteiger partial charge in [0.05, 0.1) is 12.1 Å². The maximum Gasteiger partial charge on any atom is 0.412 e. The summed E-state index contributed by atoms with van der Waals surface area (Å²) in [4.78, 5) is 14.7. The Bertz CT molecular complexity index is 547. The molecule has 4 N–H and O–H groups in total. The average Bonchev–Trinajstić information content (AvgIpc) is 2.31. The van der Waals surface area contributed by atoms with Gasteiger partial charge in [-0.05, 0) is 25.1 Å². The number of ether oxygens (including phenoxy) is 1. The van der Waals surface area contributed by atoms with Crippen molar-refractivity contribution in [3.8, 4) is 0 Å². The monoisotopic (exact) mass is 267 g/mol. The van der Waals surface area contributed by atoms with Crippen molar-refractivity contribution in [3.63, 3.8) is 0 Å². The number of anilines is 1. The number of benzene rings is 1. The van der Waals surface area contributed by atoms with E-state index in [1.807, 2.05) is 5.32 Å². The molecule has 1 atom stereocenters. The summed E-state index contributed by atoms with van der Waals surface area (Å²) in [5, 5.41) is 10.7. The van der Waals surface area contributed by atoms with Crippen LogP contribution in [-0.4, -0.2) is 23.8 Å². The second-order valence-electron chi connectivity index (χ2n) is 4.46. The van der Waals surface area contributed by atoms with E-state index in [2.05, 4.69) is 4.99 Å². The maximum absolute atomic E-state index is 13.9. The van der Waals surface area contributed by atoms with Gasteiger partial charge in [-0.1, -0.05) is 0 Å². The fourth-order valence-corrected chi connectivity index (χ4v) is 1.96. The van der Waals surface area contributed by atoms with Gasteiger partial charge in [0.1, 0.15) is 5.82 Å². The highest BCUT2D eigenvalue weighted by molar-refractivity contribution is 5.90. The van der Waals surface area contributed by atoms with Gasteiger partial charge in [0.15, 0.2) is 0 Å². The van der Waals surface area contributed by atoms with Gasteiger partial charge in [-0.15, -0.1) is 0 Å². The minimum absolute atomic E-state index is 0.136. The molecule has 0 aromatic heterocycles. The zero-order valence-electron chi connectivity index (χ0n) is 10.3. The molecule has 1 heterocycles. The van der Waals surface area contributed by atoms with E-state index in [1.165, 1.54) is 18.2 Å². The van der Waals surface area contributed by atoms with Crippen molar-refractivity contribution in [2.75, 3.05) is 12.3 Å². The molecule has 0 spiro atoms. The number of nitrogens with zero attached hydrogens (tertiary/aromatic N) is 1. The molecule has 1 aliphatic rings. The zero-order valence-corrected chi connectivity index (χ0v) is 10.3. The molecule has 0 fully saturated rings. The maximum atomic E-state index is 13.9. The number of carboxylic acid groups (broad SMARTS) is 1. The van der Waals surface area contributed by atoms with Crippen molar-refractivity contribution >= 4 is 17.8 Å². The highest BCUT2D eigenvalue weighted by atomic mass is 19.1. The van der Waals surface area contributed by atoms with Crippen LogP contribution in [0.3, 0.4) is 0 Å². The van der Waals surface area contributed by atoms with Crippen molar-refractivity contribution in [2.45, 2.75) is 18.9 Å². The molecule has 1 aliphatic heterocycles. The smallest absolute Gasteiger partial charge is 0.412 e. The molecule has 0 radical (unpaired) electrons. The Morgan fingerprint density at radius 3 is 3.05 bits per heavy atom. The summed E-state index contributed by atoms with van der Waals surface area (Å²) < 4.78 is 19.0. The summed E-state index contributed by atoms with van der Waals surface area (Å²) >= 11 is 0. The van der Waals surface area contributed by atoms with Crippen LogP contribution in [0.25, 0.3) is 0 Å². The van der Waals surface area contributed by atoms with E-state index in [9.17, 15) is 9.18 Å². The summed E-state index contributed by atoms with van der Waals surface area (Å²) in [7, 11) is 0. The molecule has 7 heteroatoms. The van der Waals surface area contributed by atoms with Gasteiger partial charge in [-0.25, -0.2) is 19.5 Å². The van der Waals surface area contributed by atoms with Crippen molar-refractivity contribution in [2.24, 2.45) is 4.99 Å². The first-order valence-electron chi connectivity index (χ1n) is 5.69. The predicted octanol–water partition coefficient (Wildman–Crippen LogP) is 1.67. The number of amides is 1. The van der Waals surface area contributed by atoms with Crippen molar-refractivity contribution < 1.29 is 19.0 Å². The fraction of sp³-hybridized carbons (Fsp3) is 0.333. The Kier molecular flexibility index (Phi) is 3.28. The number of aliphatic imine (C=N–C) groups is 1. The summed E-state index contributed by atoms with van der Waals surface area (Å²) in [6.45, 7) is 1.95. The fourth-order valence-electron chi connectivity index (χ4n) is 1.96. The number of halogens is 1. The minimum Gasteiger partial charge on any atom is -0.465 e. The van der Waals surface area contributed by atoms with Gasteiger partial charge in [-0.2, -0.15) is 0 Å². The lowest BCUT2D eigenvalue weighted by Crippen LogP contribution is -2.39. The normalized spacial score (nSPS) is 22.3. The Labute approximate surface area is 109 Å². The van der Waals surface area contributed by atoms with Gasteiger partial charge in [0.25, 0.3) is 6.02 Å². The molecule has 1 aromatic carbocycles. The number of hydrogen-bond donors (Lipinski definition) is 3. The van der Waals surface area contributed by atoms with E-state index < -0.39 is 17.4 Å². The molecule has 1 amide bonds. The van der Waals surface area contributed by atoms with Crippen LogP contribution in [0.15, 0.2) is 23.2 Å². The van der Waals surface area contributed by atoms with Gasteiger partial charge >= 0.3 is 6.09 Å². The van der Waals surface area contributed by atoms with Crippen LogP contribution < -0.4 is 11.1 Å². The number of amidine groups is 1. The number of carbonyl (C=O) groups is 1. The minimum atomic E-state index is -1.28. The largest absolute Gasteiger partial charge is 0.465 e. The SMILES string of the molecule is C[C@@]1(c2cc(N)ccc2F)CCOC(NC(=O)O)=N1. The molecule has 6 nitrogen and oxygen atoms in total. The predicted molar refractivity (Wildman–Crippen MR) is 67.3 cm³/mol. The van der Waals surface area contributed by atoms with E-state index in [1.54, 1.807) is 6.92 Å². The van der Waals surface area contributed by atoms with Gasteiger partial charge in [-0.3, -0.25) is 0 Å². The topological polar surface area (TPSA) is 96.9 Å². The zero-order chi connectivity index (χ0) is 14.0. The molecule has 0 unspecified atom stereocenters. The van der Waals surface area contributed by atoms with Crippen LogP contribution in [0.5, 0.6) is 0 Å².